The molecule has 0 aliphatic heterocycles. The molecule has 1 N–H and O–H groups in total. The maximum absolute atomic E-state index is 13.5. The van der Waals surface area contributed by atoms with Gasteiger partial charge in [-0.25, -0.2) is 4.79 Å². The third kappa shape index (κ3) is 4.73. The summed E-state index contributed by atoms with van der Waals surface area (Å²) in [6, 6.07) is 11.9. The van der Waals surface area contributed by atoms with Crippen LogP contribution in [0.1, 0.15) is 33.3 Å². The largest absolute Gasteiger partial charge is 0.497 e. The third-order valence-electron chi connectivity index (χ3n) is 5.21. The zero-order valence-electron chi connectivity index (χ0n) is 19.6. The highest BCUT2D eigenvalue weighted by Crippen LogP contribution is 2.32. The minimum absolute atomic E-state index is 0.0113. The van der Waals surface area contributed by atoms with Gasteiger partial charge in [0.25, 0.3) is 11.5 Å². The van der Waals surface area contributed by atoms with E-state index in [1.54, 1.807) is 48.7 Å². The molecular formula is C25H23N3O6S. The Balaban J connectivity index is 1.86. The molecule has 0 atom stereocenters. The molecule has 0 bridgehead atoms. The Morgan fingerprint density at radius 1 is 1.09 bits per heavy atom. The van der Waals surface area contributed by atoms with Gasteiger partial charge in [0.05, 0.1) is 31.9 Å². The van der Waals surface area contributed by atoms with E-state index in [1.807, 2.05) is 13.0 Å². The first-order chi connectivity index (χ1) is 16.9. The first kappa shape index (κ1) is 24.0. The van der Waals surface area contributed by atoms with Crippen LogP contribution in [0.15, 0.2) is 52.6 Å². The molecular weight excluding hydrogens is 470 g/mol. The minimum atomic E-state index is -0.660. The van der Waals surface area contributed by atoms with Crippen LogP contribution in [0, 0.1) is 6.92 Å². The molecule has 0 aliphatic carbocycles. The first-order valence-corrected chi connectivity index (χ1v) is 11.6. The Kier molecular flexibility index (Phi) is 6.83. The van der Waals surface area contributed by atoms with Crippen LogP contribution in [0.25, 0.3) is 16.5 Å². The number of thiophene rings is 1. The molecule has 35 heavy (non-hydrogen) atoms. The van der Waals surface area contributed by atoms with Gasteiger partial charge in [-0.3, -0.25) is 9.59 Å². The van der Waals surface area contributed by atoms with Crippen molar-refractivity contribution in [3.05, 3.63) is 75.0 Å². The Morgan fingerprint density at radius 2 is 1.80 bits per heavy atom. The summed E-state index contributed by atoms with van der Waals surface area (Å²) in [4.78, 5) is 39.3. The van der Waals surface area contributed by atoms with Crippen molar-refractivity contribution in [3.8, 4) is 17.2 Å². The second-order valence-corrected chi connectivity index (χ2v) is 8.41. The number of hydrogen-bond acceptors (Lipinski definition) is 8. The molecule has 180 valence electrons. The number of carbonyl (C=O) groups is 2. The summed E-state index contributed by atoms with van der Waals surface area (Å²) >= 11 is 1.12. The number of fused-ring (bicyclic) bond motifs is 1. The average molecular weight is 494 g/mol. The maximum atomic E-state index is 13.5. The normalized spacial score (nSPS) is 10.7. The van der Waals surface area contributed by atoms with Crippen molar-refractivity contribution in [3.63, 3.8) is 0 Å². The van der Waals surface area contributed by atoms with Crippen LogP contribution < -0.4 is 20.3 Å². The second kappa shape index (κ2) is 9.98. The number of carbonyl (C=O) groups excluding carboxylic acids is 2. The first-order valence-electron chi connectivity index (χ1n) is 10.7. The van der Waals surface area contributed by atoms with Gasteiger partial charge in [-0.2, -0.15) is 9.78 Å². The van der Waals surface area contributed by atoms with Crippen LogP contribution in [0.2, 0.25) is 0 Å². The van der Waals surface area contributed by atoms with Crippen molar-refractivity contribution in [2.24, 2.45) is 0 Å². The number of aromatic nitrogens is 2. The van der Waals surface area contributed by atoms with Crippen LogP contribution in [-0.4, -0.2) is 42.5 Å². The number of benzene rings is 2. The monoisotopic (exact) mass is 493 g/mol. The predicted molar refractivity (Wildman–Crippen MR) is 133 cm³/mol. The predicted octanol–water partition coefficient (Wildman–Crippen LogP) is 4.20. The van der Waals surface area contributed by atoms with Gasteiger partial charge in [-0.05, 0) is 43.7 Å². The number of rotatable bonds is 7. The topological polar surface area (TPSA) is 109 Å². The Morgan fingerprint density at radius 3 is 2.43 bits per heavy atom. The lowest BCUT2D eigenvalue weighted by atomic mass is 10.1. The summed E-state index contributed by atoms with van der Waals surface area (Å²) in [6.07, 6.45) is 0. The summed E-state index contributed by atoms with van der Waals surface area (Å²) in [5.41, 5.74) is 1.20. The molecule has 2 aromatic heterocycles. The summed E-state index contributed by atoms with van der Waals surface area (Å²) in [5, 5.41) is 9.47. The maximum Gasteiger partial charge on any atom is 0.359 e. The van der Waals surface area contributed by atoms with Crippen LogP contribution >= 0.6 is 11.3 Å². The van der Waals surface area contributed by atoms with E-state index in [1.165, 1.54) is 14.2 Å². The van der Waals surface area contributed by atoms with Crippen LogP contribution in [0.5, 0.6) is 11.5 Å². The molecule has 0 fully saturated rings. The molecule has 1 amide bonds. The van der Waals surface area contributed by atoms with E-state index < -0.39 is 17.4 Å². The summed E-state index contributed by atoms with van der Waals surface area (Å²) < 4.78 is 16.8. The highest BCUT2D eigenvalue weighted by atomic mass is 32.1. The Bertz CT molecular complexity index is 1470. The van der Waals surface area contributed by atoms with Crippen molar-refractivity contribution in [1.29, 1.82) is 0 Å². The van der Waals surface area contributed by atoms with E-state index in [-0.39, 0.29) is 28.3 Å². The van der Waals surface area contributed by atoms with Crippen LogP contribution in [0.3, 0.4) is 0 Å². The molecule has 0 spiro atoms. The third-order valence-corrected chi connectivity index (χ3v) is 6.10. The van der Waals surface area contributed by atoms with E-state index in [0.717, 1.165) is 21.6 Å². The number of methoxy groups -OCH3 is 2. The number of anilines is 1. The van der Waals surface area contributed by atoms with Crippen LogP contribution in [-0.2, 0) is 4.74 Å². The Labute approximate surface area is 204 Å². The van der Waals surface area contributed by atoms with E-state index in [9.17, 15) is 14.4 Å². The average Bonchev–Trinajstić information content (AvgIpc) is 3.28. The minimum Gasteiger partial charge on any atom is -0.497 e. The molecule has 0 saturated carbocycles. The molecule has 2 heterocycles. The number of nitrogens with one attached hydrogen (secondary N) is 1. The van der Waals surface area contributed by atoms with Gasteiger partial charge in [-0.15, -0.1) is 11.3 Å². The van der Waals surface area contributed by atoms with E-state index in [0.29, 0.717) is 22.6 Å². The van der Waals surface area contributed by atoms with Gasteiger partial charge in [-0.1, -0.05) is 12.1 Å². The summed E-state index contributed by atoms with van der Waals surface area (Å²) in [5.74, 6) is -0.239. The molecule has 10 heteroatoms. The van der Waals surface area contributed by atoms with Gasteiger partial charge < -0.3 is 19.5 Å². The van der Waals surface area contributed by atoms with Crippen LogP contribution in [0.4, 0.5) is 5.00 Å². The number of esters is 1. The zero-order valence-corrected chi connectivity index (χ0v) is 20.4. The fourth-order valence-electron chi connectivity index (χ4n) is 3.54. The number of nitrogens with zero attached hydrogens (tertiary/aromatic N) is 2. The summed E-state index contributed by atoms with van der Waals surface area (Å²) in [7, 11) is 2.97. The lowest BCUT2D eigenvalue weighted by molar-refractivity contribution is 0.0520. The molecule has 4 rings (SSSR count). The number of ether oxygens (including phenoxy) is 3. The van der Waals surface area contributed by atoms with Gasteiger partial charge >= 0.3 is 5.97 Å². The SMILES string of the molecule is CCOC(=O)c1nn(-c2cccc(C)c2)c(=O)c2c(NC(=O)c3cc(OC)cc(OC)c3)scc12. The fraction of sp³-hybridized carbons (Fsp3) is 0.200. The Hall–Kier alpha value is -4.18. The smallest absolute Gasteiger partial charge is 0.359 e. The molecule has 0 radical (unpaired) electrons. The van der Waals surface area contributed by atoms with Crippen molar-refractivity contribution in [1.82, 2.24) is 9.78 Å². The lowest BCUT2D eigenvalue weighted by Crippen LogP contribution is -2.25. The van der Waals surface area contributed by atoms with E-state index >= 15 is 0 Å². The van der Waals surface area contributed by atoms with E-state index in [4.69, 9.17) is 14.2 Å². The highest BCUT2D eigenvalue weighted by molar-refractivity contribution is 7.16. The van der Waals surface area contributed by atoms with Gasteiger partial charge in [0.15, 0.2) is 5.69 Å². The van der Waals surface area contributed by atoms with Gasteiger partial charge in [0.1, 0.15) is 16.5 Å². The number of hydrogen-bond donors (Lipinski definition) is 1. The highest BCUT2D eigenvalue weighted by Gasteiger charge is 2.23. The number of aryl methyl sites for hydroxylation is 1. The molecule has 9 nitrogen and oxygen atoms in total. The van der Waals surface area contributed by atoms with E-state index in [2.05, 4.69) is 10.4 Å². The second-order valence-electron chi connectivity index (χ2n) is 7.53. The molecule has 2 aromatic carbocycles. The van der Waals surface area contributed by atoms with Crippen molar-refractivity contribution < 1.29 is 23.8 Å². The summed E-state index contributed by atoms with van der Waals surface area (Å²) in [6.45, 7) is 3.72. The number of amides is 1. The molecule has 0 aliphatic rings. The zero-order chi connectivity index (χ0) is 25.1. The lowest BCUT2D eigenvalue weighted by Gasteiger charge is -2.11. The van der Waals surface area contributed by atoms with Gasteiger partial charge in [0.2, 0.25) is 0 Å². The quantitative estimate of drug-likeness (QED) is 0.384. The molecule has 0 saturated heterocycles. The van der Waals surface area contributed by atoms with Crippen molar-refractivity contribution >= 4 is 39.0 Å². The van der Waals surface area contributed by atoms with Gasteiger partial charge in [0, 0.05) is 22.4 Å². The molecule has 4 aromatic rings. The molecule has 0 unspecified atom stereocenters. The fourth-order valence-corrected chi connectivity index (χ4v) is 4.47. The standard InChI is InChI=1S/C25H23N3O6S/c1-5-34-25(31)21-19-13-35-23(26-22(29)15-10-17(32-3)12-18(11-15)33-4)20(19)24(30)28(27-21)16-8-6-7-14(2)9-16/h6-13H,5H2,1-4H3,(H,26,29). The van der Waals surface area contributed by atoms with Crippen molar-refractivity contribution in [2.75, 3.05) is 26.1 Å². The van der Waals surface area contributed by atoms with Crippen molar-refractivity contribution in [2.45, 2.75) is 13.8 Å².